The van der Waals surface area contributed by atoms with Gasteiger partial charge in [-0.15, -0.1) is 11.8 Å². The second kappa shape index (κ2) is 5.04. The lowest BCUT2D eigenvalue weighted by Crippen LogP contribution is -2.10. The van der Waals surface area contributed by atoms with Gasteiger partial charge in [-0.3, -0.25) is 4.79 Å². The first-order valence-corrected chi connectivity index (χ1v) is 5.72. The van der Waals surface area contributed by atoms with E-state index in [1.165, 1.54) is 18.7 Å². The third-order valence-electron chi connectivity index (χ3n) is 1.82. The summed E-state index contributed by atoms with van der Waals surface area (Å²) in [6.07, 6.45) is 0. The van der Waals surface area contributed by atoms with Gasteiger partial charge < -0.3 is 5.32 Å². The number of benzene rings is 1. The molecule has 1 N–H and O–H groups in total. The molecule has 1 amide bonds. The van der Waals surface area contributed by atoms with Crippen molar-refractivity contribution in [2.75, 3.05) is 5.32 Å². The second-order valence-corrected chi connectivity index (χ2v) is 5.63. The van der Waals surface area contributed by atoms with Crippen LogP contribution in [-0.2, 0) is 4.79 Å². The van der Waals surface area contributed by atoms with Crippen molar-refractivity contribution in [1.29, 1.82) is 5.26 Å². The van der Waals surface area contributed by atoms with Gasteiger partial charge in [0.2, 0.25) is 5.91 Å². The van der Waals surface area contributed by atoms with Crippen molar-refractivity contribution in [2.45, 2.75) is 30.4 Å². The van der Waals surface area contributed by atoms with E-state index in [2.05, 4.69) is 11.4 Å². The van der Waals surface area contributed by atoms with Crippen LogP contribution in [0.4, 0.5) is 5.69 Å². The Bertz CT molecular complexity index is 418. The van der Waals surface area contributed by atoms with Crippen molar-refractivity contribution in [1.82, 2.24) is 0 Å². The summed E-state index contributed by atoms with van der Waals surface area (Å²) in [4.78, 5) is 11.8. The van der Waals surface area contributed by atoms with E-state index in [1.807, 2.05) is 38.1 Å². The summed E-state index contributed by atoms with van der Waals surface area (Å²) >= 11 is 1.50. The Morgan fingerprint density at radius 2 is 1.94 bits per heavy atom. The Hall–Kier alpha value is -1.47. The van der Waals surface area contributed by atoms with Crippen molar-refractivity contribution < 1.29 is 4.79 Å². The average Bonchev–Trinajstić information content (AvgIpc) is 2.20. The number of thioether (sulfide) groups is 1. The van der Waals surface area contributed by atoms with Gasteiger partial charge in [0.25, 0.3) is 0 Å². The Labute approximate surface area is 99.8 Å². The zero-order valence-electron chi connectivity index (χ0n) is 9.57. The van der Waals surface area contributed by atoms with E-state index in [9.17, 15) is 4.79 Å². The molecule has 1 aromatic rings. The molecule has 0 bridgehead atoms. The van der Waals surface area contributed by atoms with E-state index < -0.39 is 4.75 Å². The molecule has 1 aromatic carbocycles. The number of nitriles is 1. The molecular weight excluding hydrogens is 220 g/mol. The van der Waals surface area contributed by atoms with E-state index in [0.717, 1.165) is 10.6 Å². The van der Waals surface area contributed by atoms with Gasteiger partial charge in [-0.25, -0.2) is 0 Å². The molecule has 0 radical (unpaired) electrons. The third kappa shape index (κ3) is 3.95. The van der Waals surface area contributed by atoms with Crippen LogP contribution >= 0.6 is 11.8 Å². The average molecular weight is 234 g/mol. The molecule has 0 aliphatic carbocycles. The quantitative estimate of drug-likeness (QED) is 0.818. The Balaban J connectivity index is 2.73. The lowest BCUT2D eigenvalue weighted by Gasteiger charge is -2.14. The number of carbonyl (C=O) groups excluding carboxylic acids is 1. The van der Waals surface area contributed by atoms with Crippen LogP contribution in [0.2, 0.25) is 0 Å². The molecule has 4 heteroatoms. The van der Waals surface area contributed by atoms with Gasteiger partial charge in [0.15, 0.2) is 0 Å². The smallest absolute Gasteiger partial charge is 0.221 e. The maximum atomic E-state index is 10.8. The van der Waals surface area contributed by atoms with E-state index >= 15 is 0 Å². The zero-order valence-corrected chi connectivity index (χ0v) is 10.4. The fourth-order valence-electron chi connectivity index (χ4n) is 1.13. The summed E-state index contributed by atoms with van der Waals surface area (Å²) in [5.41, 5.74) is 0.770. The normalized spacial score (nSPS) is 10.6. The molecule has 0 aliphatic heterocycles. The van der Waals surface area contributed by atoms with E-state index in [-0.39, 0.29) is 5.91 Å². The Kier molecular flexibility index (Phi) is 3.97. The van der Waals surface area contributed by atoms with E-state index in [4.69, 9.17) is 5.26 Å². The Morgan fingerprint density at radius 1 is 1.38 bits per heavy atom. The first-order chi connectivity index (χ1) is 7.43. The number of carbonyl (C=O) groups is 1. The first kappa shape index (κ1) is 12.6. The van der Waals surface area contributed by atoms with Crippen molar-refractivity contribution >= 4 is 23.4 Å². The lowest BCUT2D eigenvalue weighted by molar-refractivity contribution is -0.114. The molecule has 3 nitrogen and oxygen atoms in total. The van der Waals surface area contributed by atoms with Crippen molar-refractivity contribution in [3.05, 3.63) is 24.3 Å². The monoisotopic (exact) mass is 234 g/mol. The molecule has 0 fully saturated rings. The highest BCUT2D eigenvalue weighted by atomic mass is 32.2. The van der Waals surface area contributed by atoms with Gasteiger partial charge >= 0.3 is 0 Å². The number of amides is 1. The topological polar surface area (TPSA) is 52.9 Å². The minimum Gasteiger partial charge on any atom is -0.326 e. The molecule has 84 valence electrons. The standard InChI is InChI=1S/C12H14N2OS/c1-9(15)14-10-4-6-11(7-5-10)16-12(2,3)8-13/h4-7H,1-3H3,(H,14,15). The van der Waals surface area contributed by atoms with Crippen LogP contribution in [0.1, 0.15) is 20.8 Å². The van der Waals surface area contributed by atoms with Gasteiger partial charge in [-0.05, 0) is 38.1 Å². The highest BCUT2D eigenvalue weighted by Gasteiger charge is 2.17. The molecule has 1 rings (SSSR count). The summed E-state index contributed by atoms with van der Waals surface area (Å²) in [6.45, 7) is 5.22. The lowest BCUT2D eigenvalue weighted by atomic mass is 10.2. The maximum absolute atomic E-state index is 10.8. The number of hydrogen-bond donors (Lipinski definition) is 1. The molecule has 0 spiro atoms. The number of rotatable bonds is 3. The van der Waals surface area contributed by atoms with Gasteiger partial charge in [0, 0.05) is 17.5 Å². The summed E-state index contributed by atoms with van der Waals surface area (Å²) < 4.78 is -0.435. The largest absolute Gasteiger partial charge is 0.326 e. The molecule has 0 atom stereocenters. The fraction of sp³-hybridized carbons (Fsp3) is 0.333. The summed E-state index contributed by atoms with van der Waals surface area (Å²) in [6, 6.07) is 9.69. The van der Waals surface area contributed by atoms with Crippen LogP contribution in [0.3, 0.4) is 0 Å². The predicted molar refractivity (Wildman–Crippen MR) is 66.3 cm³/mol. The summed E-state index contributed by atoms with van der Waals surface area (Å²) in [7, 11) is 0. The number of hydrogen-bond acceptors (Lipinski definition) is 3. The van der Waals surface area contributed by atoms with Crippen molar-refractivity contribution in [2.24, 2.45) is 0 Å². The van der Waals surface area contributed by atoms with Crippen LogP contribution in [0.15, 0.2) is 29.2 Å². The minimum atomic E-state index is -0.435. The van der Waals surface area contributed by atoms with E-state index in [1.54, 1.807) is 0 Å². The van der Waals surface area contributed by atoms with Crippen molar-refractivity contribution in [3.8, 4) is 6.07 Å². The van der Waals surface area contributed by atoms with Gasteiger partial charge in [0.1, 0.15) is 4.75 Å². The molecule has 0 saturated heterocycles. The molecule has 0 saturated carbocycles. The third-order valence-corrected chi connectivity index (χ3v) is 2.93. The molecule has 0 unspecified atom stereocenters. The maximum Gasteiger partial charge on any atom is 0.221 e. The van der Waals surface area contributed by atoms with Crippen LogP contribution in [0.25, 0.3) is 0 Å². The Morgan fingerprint density at radius 3 is 2.38 bits per heavy atom. The number of anilines is 1. The van der Waals surface area contributed by atoms with Gasteiger partial charge in [-0.2, -0.15) is 5.26 Å². The summed E-state index contributed by atoms with van der Waals surface area (Å²) in [5.74, 6) is -0.0854. The van der Waals surface area contributed by atoms with Crippen LogP contribution in [0.5, 0.6) is 0 Å². The van der Waals surface area contributed by atoms with E-state index in [0.29, 0.717) is 0 Å². The second-order valence-electron chi connectivity index (χ2n) is 3.93. The predicted octanol–water partition coefficient (Wildman–Crippen LogP) is 3.04. The zero-order chi connectivity index (χ0) is 12.2. The first-order valence-electron chi connectivity index (χ1n) is 4.91. The number of nitrogens with zero attached hydrogens (tertiary/aromatic N) is 1. The highest BCUT2D eigenvalue weighted by Crippen LogP contribution is 2.32. The minimum absolute atomic E-state index is 0.0854. The molecule has 16 heavy (non-hydrogen) atoms. The van der Waals surface area contributed by atoms with Gasteiger partial charge in [0.05, 0.1) is 6.07 Å². The highest BCUT2D eigenvalue weighted by molar-refractivity contribution is 8.00. The van der Waals surface area contributed by atoms with Crippen molar-refractivity contribution in [3.63, 3.8) is 0 Å². The summed E-state index contributed by atoms with van der Waals surface area (Å²) in [5, 5.41) is 11.6. The van der Waals surface area contributed by atoms with Crippen LogP contribution in [-0.4, -0.2) is 10.7 Å². The fourth-order valence-corrected chi connectivity index (χ4v) is 2.03. The SMILES string of the molecule is CC(=O)Nc1ccc(SC(C)(C)C#N)cc1. The van der Waals surface area contributed by atoms with Gasteiger partial charge in [-0.1, -0.05) is 0 Å². The van der Waals surface area contributed by atoms with Crippen LogP contribution in [0, 0.1) is 11.3 Å². The molecule has 0 aliphatic rings. The molecule has 0 aromatic heterocycles. The number of nitrogens with one attached hydrogen (secondary N) is 1. The van der Waals surface area contributed by atoms with Crippen LogP contribution < -0.4 is 5.32 Å². The molecular formula is C12H14N2OS. The molecule has 0 heterocycles.